The standard InChI is InChI=1S/C35H45FN6O4S/c1-33(2,3)46-32(44)42-21-22(20-34(42,4)5)14-15-26(25-11-8-9-17-37-25)38-27-12-10-13-28(39-27)47-41-31(43)24-19-23-16-18-45-35(6,7)29(23)40-30(24)36/h8-13,17,19,22,26H,14-16,18,20-21H2,1-7H3,(H,38,39)(H,41,43)/t22-,26?/m0/s1. The Balaban J connectivity index is 1.23. The normalized spacial score (nSPS) is 19.1. The molecule has 252 valence electrons. The number of rotatable bonds is 9. The van der Waals surface area contributed by atoms with Crippen molar-refractivity contribution < 1.29 is 23.5 Å². The van der Waals surface area contributed by atoms with Gasteiger partial charge in [0.1, 0.15) is 22.0 Å². The molecule has 12 heteroatoms. The molecule has 5 heterocycles. The number of fused-ring (bicyclic) bond motifs is 1. The lowest BCUT2D eigenvalue weighted by Crippen LogP contribution is -2.45. The summed E-state index contributed by atoms with van der Waals surface area (Å²) in [6, 6.07) is 12.7. The zero-order valence-corrected chi connectivity index (χ0v) is 29.0. The lowest BCUT2D eigenvalue weighted by Gasteiger charge is -2.33. The van der Waals surface area contributed by atoms with E-state index in [1.807, 2.05) is 69.9 Å². The fraction of sp³-hybridized carbons (Fsp3) is 0.514. The summed E-state index contributed by atoms with van der Waals surface area (Å²) in [5.41, 5.74) is 0.526. The van der Waals surface area contributed by atoms with E-state index in [4.69, 9.17) is 14.5 Å². The average molecular weight is 665 g/mol. The van der Waals surface area contributed by atoms with Gasteiger partial charge in [0.2, 0.25) is 5.95 Å². The number of anilines is 1. The fourth-order valence-electron chi connectivity index (χ4n) is 6.27. The smallest absolute Gasteiger partial charge is 0.410 e. The van der Waals surface area contributed by atoms with Gasteiger partial charge >= 0.3 is 6.09 Å². The molecule has 47 heavy (non-hydrogen) atoms. The van der Waals surface area contributed by atoms with Gasteiger partial charge in [0, 0.05) is 30.2 Å². The van der Waals surface area contributed by atoms with Crippen molar-refractivity contribution in [3.63, 3.8) is 0 Å². The Morgan fingerprint density at radius 1 is 1.15 bits per heavy atom. The Kier molecular flexibility index (Phi) is 10.1. The molecule has 10 nitrogen and oxygen atoms in total. The van der Waals surface area contributed by atoms with Crippen LogP contribution in [-0.4, -0.2) is 56.1 Å². The zero-order valence-electron chi connectivity index (χ0n) is 28.2. The Bertz CT molecular complexity index is 1600. The van der Waals surface area contributed by atoms with Crippen molar-refractivity contribution in [3.8, 4) is 0 Å². The van der Waals surface area contributed by atoms with Crippen molar-refractivity contribution in [1.29, 1.82) is 0 Å². The first-order chi connectivity index (χ1) is 22.1. The van der Waals surface area contributed by atoms with Crippen LogP contribution < -0.4 is 10.0 Å². The largest absolute Gasteiger partial charge is 0.444 e. The van der Waals surface area contributed by atoms with Crippen molar-refractivity contribution in [2.24, 2.45) is 5.92 Å². The molecule has 0 aliphatic carbocycles. The van der Waals surface area contributed by atoms with E-state index in [0.717, 1.165) is 42.5 Å². The number of pyridine rings is 3. The molecule has 1 saturated heterocycles. The number of hydrogen-bond acceptors (Lipinski definition) is 9. The van der Waals surface area contributed by atoms with Crippen molar-refractivity contribution >= 4 is 29.8 Å². The van der Waals surface area contributed by atoms with Crippen LogP contribution in [-0.2, 0) is 21.5 Å². The molecule has 2 amide bonds. The minimum atomic E-state index is -0.832. The lowest BCUT2D eigenvalue weighted by molar-refractivity contribution is -0.0357. The third-order valence-electron chi connectivity index (χ3n) is 8.48. The second kappa shape index (κ2) is 13.8. The van der Waals surface area contributed by atoms with Crippen LogP contribution in [0.2, 0.25) is 0 Å². The molecule has 1 fully saturated rings. The van der Waals surface area contributed by atoms with Gasteiger partial charge < -0.3 is 19.7 Å². The molecule has 5 rings (SSSR count). The quantitative estimate of drug-likeness (QED) is 0.180. The van der Waals surface area contributed by atoms with E-state index >= 15 is 0 Å². The van der Waals surface area contributed by atoms with Crippen LogP contribution >= 0.6 is 11.9 Å². The number of amides is 2. The number of nitrogens with one attached hydrogen (secondary N) is 2. The number of nitrogens with zero attached hydrogens (tertiary/aromatic N) is 4. The van der Waals surface area contributed by atoms with E-state index in [9.17, 15) is 14.0 Å². The number of ether oxygens (including phenoxy) is 2. The number of aromatic nitrogens is 3. The summed E-state index contributed by atoms with van der Waals surface area (Å²) in [6.45, 7) is 14.6. The van der Waals surface area contributed by atoms with Gasteiger partial charge in [-0.25, -0.2) is 14.8 Å². The van der Waals surface area contributed by atoms with Crippen LogP contribution in [0, 0.1) is 11.9 Å². The second-order valence-corrected chi connectivity index (χ2v) is 15.2. The molecule has 0 spiro atoms. The molecule has 2 aliphatic heterocycles. The maximum Gasteiger partial charge on any atom is 0.410 e. The van der Waals surface area contributed by atoms with E-state index < -0.39 is 23.1 Å². The topological polar surface area (TPSA) is 119 Å². The Hall–Kier alpha value is -3.77. The fourth-order valence-corrected chi connectivity index (χ4v) is 6.87. The van der Waals surface area contributed by atoms with Gasteiger partial charge in [-0.15, -0.1) is 0 Å². The first-order valence-corrected chi connectivity index (χ1v) is 16.9. The molecule has 0 saturated carbocycles. The third-order valence-corrected chi connectivity index (χ3v) is 9.20. The maximum atomic E-state index is 14.9. The summed E-state index contributed by atoms with van der Waals surface area (Å²) in [7, 11) is 0. The molecular formula is C35H45FN6O4S. The summed E-state index contributed by atoms with van der Waals surface area (Å²) < 4.78 is 29.1. The molecule has 0 radical (unpaired) electrons. The van der Waals surface area contributed by atoms with Crippen LogP contribution in [0.1, 0.15) is 101 Å². The Morgan fingerprint density at radius 3 is 2.66 bits per heavy atom. The summed E-state index contributed by atoms with van der Waals surface area (Å²) in [5.74, 6) is -0.501. The molecular weight excluding hydrogens is 619 g/mol. The minimum Gasteiger partial charge on any atom is -0.444 e. The summed E-state index contributed by atoms with van der Waals surface area (Å²) >= 11 is 1.01. The van der Waals surface area contributed by atoms with Crippen LogP contribution in [0.15, 0.2) is 53.7 Å². The summed E-state index contributed by atoms with van der Waals surface area (Å²) in [6.07, 6.45) is 4.56. The summed E-state index contributed by atoms with van der Waals surface area (Å²) in [5, 5.41) is 4.07. The van der Waals surface area contributed by atoms with Gasteiger partial charge in [-0.05, 0) is 116 Å². The van der Waals surface area contributed by atoms with Gasteiger partial charge in [0.25, 0.3) is 5.91 Å². The Labute approximate surface area is 280 Å². The Morgan fingerprint density at radius 2 is 1.94 bits per heavy atom. The SMILES string of the molecule is CC(C)(C)OC(=O)N1C[C@@H](CCC(Nc2cccc(SNC(=O)c3cc4c(nc3F)C(C)(C)OCC4)n2)c2ccccn2)CC1(C)C. The van der Waals surface area contributed by atoms with Crippen molar-refractivity contribution in [2.45, 2.75) is 102 Å². The zero-order chi connectivity index (χ0) is 34.0. The monoisotopic (exact) mass is 664 g/mol. The van der Waals surface area contributed by atoms with Crippen molar-refractivity contribution in [3.05, 3.63) is 77.1 Å². The van der Waals surface area contributed by atoms with E-state index in [-0.39, 0.29) is 23.2 Å². The first kappa shape index (κ1) is 34.6. The summed E-state index contributed by atoms with van der Waals surface area (Å²) in [4.78, 5) is 41.2. The average Bonchev–Trinajstić information content (AvgIpc) is 3.32. The van der Waals surface area contributed by atoms with E-state index in [0.29, 0.717) is 42.0 Å². The van der Waals surface area contributed by atoms with Gasteiger partial charge in [-0.3, -0.25) is 14.5 Å². The third kappa shape index (κ3) is 8.58. The van der Waals surface area contributed by atoms with E-state index in [1.54, 1.807) is 18.3 Å². The number of halogens is 1. The number of likely N-dealkylation sites (tertiary alicyclic amines) is 1. The lowest BCUT2D eigenvalue weighted by atomic mass is 9.91. The molecule has 3 aromatic rings. The molecule has 0 bridgehead atoms. The van der Waals surface area contributed by atoms with Gasteiger partial charge in [0.15, 0.2) is 0 Å². The van der Waals surface area contributed by atoms with Gasteiger partial charge in [-0.2, -0.15) is 4.39 Å². The minimum absolute atomic E-state index is 0.112. The van der Waals surface area contributed by atoms with Crippen molar-refractivity contribution in [1.82, 2.24) is 24.6 Å². The molecule has 2 aliphatic rings. The highest BCUT2D eigenvalue weighted by atomic mass is 32.2. The van der Waals surface area contributed by atoms with Crippen LogP contribution in [0.5, 0.6) is 0 Å². The second-order valence-electron chi connectivity index (χ2n) is 14.3. The van der Waals surface area contributed by atoms with Gasteiger partial charge in [-0.1, -0.05) is 12.1 Å². The molecule has 1 unspecified atom stereocenters. The van der Waals surface area contributed by atoms with E-state index in [2.05, 4.69) is 33.9 Å². The maximum absolute atomic E-state index is 14.9. The highest BCUT2D eigenvalue weighted by Gasteiger charge is 2.43. The number of carbonyl (C=O) groups excluding carboxylic acids is 2. The molecule has 2 atom stereocenters. The first-order valence-electron chi connectivity index (χ1n) is 16.1. The highest BCUT2D eigenvalue weighted by Crippen LogP contribution is 2.38. The molecule has 0 aromatic carbocycles. The predicted molar refractivity (Wildman–Crippen MR) is 179 cm³/mol. The van der Waals surface area contributed by atoms with Crippen LogP contribution in [0.4, 0.5) is 15.0 Å². The highest BCUT2D eigenvalue weighted by molar-refractivity contribution is 7.97. The van der Waals surface area contributed by atoms with Crippen molar-refractivity contribution in [2.75, 3.05) is 18.5 Å². The van der Waals surface area contributed by atoms with Crippen LogP contribution in [0.3, 0.4) is 0 Å². The molecule has 2 N–H and O–H groups in total. The number of hydrogen-bond donors (Lipinski definition) is 2. The molecule has 3 aromatic heterocycles. The van der Waals surface area contributed by atoms with Crippen LogP contribution in [0.25, 0.3) is 0 Å². The predicted octanol–water partition coefficient (Wildman–Crippen LogP) is 7.22. The van der Waals surface area contributed by atoms with Gasteiger partial charge in [0.05, 0.1) is 29.6 Å². The number of carbonyl (C=O) groups is 2. The van der Waals surface area contributed by atoms with E-state index in [1.165, 1.54) is 0 Å².